The van der Waals surface area contributed by atoms with E-state index in [1.807, 2.05) is 0 Å². The van der Waals surface area contributed by atoms with Crippen LogP contribution in [0.5, 0.6) is 0 Å². The van der Waals surface area contributed by atoms with Crippen LogP contribution in [0.1, 0.15) is 20.8 Å². The normalized spacial score (nSPS) is 9.45. The fourth-order valence-corrected chi connectivity index (χ4v) is 0.376. The number of nitrogens with one attached hydrogen (secondary N) is 2. The Hall–Kier alpha value is -1.06. The highest BCUT2D eigenvalue weighted by Crippen LogP contribution is 1.89. The summed E-state index contributed by atoms with van der Waals surface area (Å²) in [5.74, 6) is -0.382. The molecular formula is C7H13N2O2. The van der Waals surface area contributed by atoms with E-state index < -0.39 is 0 Å². The largest absolute Gasteiger partial charge is 0.333 e. The molecule has 4 heteroatoms. The van der Waals surface area contributed by atoms with Gasteiger partial charge in [0.2, 0.25) is 11.8 Å². The third-order valence-corrected chi connectivity index (χ3v) is 1.01. The van der Waals surface area contributed by atoms with Gasteiger partial charge in [-0.3, -0.25) is 9.59 Å². The molecule has 0 aliphatic carbocycles. The summed E-state index contributed by atoms with van der Waals surface area (Å²) in [6.45, 7) is 6.16. The molecule has 1 radical (unpaired) electrons. The van der Waals surface area contributed by atoms with Gasteiger partial charge in [0, 0.05) is 12.8 Å². The van der Waals surface area contributed by atoms with E-state index in [4.69, 9.17) is 0 Å². The van der Waals surface area contributed by atoms with Crippen molar-refractivity contribution in [2.75, 3.05) is 0 Å². The molecular weight excluding hydrogens is 144 g/mol. The van der Waals surface area contributed by atoms with Gasteiger partial charge in [-0.1, -0.05) is 13.8 Å². The zero-order chi connectivity index (χ0) is 8.85. The summed E-state index contributed by atoms with van der Waals surface area (Å²) in [6, 6.07) is 0. The van der Waals surface area contributed by atoms with Crippen molar-refractivity contribution in [1.82, 2.24) is 10.6 Å². The van der Waals surface area contributed by atoms with Crippen molar-refractivity contribution in [3.05, 3.63) is 6.67 Å². The van der Waals surface area contributed by atoms with Crippen LogP contribution in [0.2, 0.25) is 0 Å². The zero-order valence-electron chi connectivity index (χ0n) is 6.97. The van der Waals surface area contributed by atoms with E-state index in [1.165, 1.54) is 13.6 Å². The summed E-state index contributed by atoms with van der Waals surface area (Å²) < 4.78 is 0. The number of amides is 2. The molecule has 0 aromatic carbocycles. The van der Waals surface area contributed by atoms with Gasteiger partial charge in [-0.2, -0.15) is 0 Å². The number of carbonyl (C=O) groups excluding carboxylic acids is 2. The monoisotopic (exact) mass is 157 g/mol. The van der Waals surface area contributed by atoms with Crippen LogP contribution in [-0.2, 0) is 9.59 Å². The van der Waals surface area contributed by atoms with Gasteiger partial charge in [-0.15, -0.1) is 0 Å². The molecule has 0 heterocycles. The van der Waals surface area contributed by atoms with Crippen molar-refractivity contribution in [1.29, 1.82) is 0 Å². The van der Waals surface area contributed by atoms with E-state index in [2.05, 4.69) is 10.6 Å². The minimum atomic E-state index is -0.200. The molecule has 0 bridgehead atoms. The van der Waals surface area contributed by atoms with Gasteiger partial charge in [0.25, 0.3) is 0 Å². The smallest absolute Gasteiger partial charge is 0.224 e. The maximum Gasteiger partial charge on any atom is 0.224 e. The second-order valence-corrected chi connectivity index (χ2v) is 2.51. The molecule has 0 rings (SSSR count). The standard InChI is InChI=1S/C7H13N2O2/c1-5(2)7(11)9-4-8-6(3)10/h4-5H,1-3H3,(H,8,10)(H,9,11). The zero-order valence-corrected chi connectivity index (χ0v) is 6.97. The molecule has 0 unspecified atom stereocenters. The first-order chi connectivity index (χ1) is 5.04. The summed E-state index contributed by atoms with van der Waals surface area (Å²) in [5.41, 5.74) is 0. The maximum atomic E-state index is 10.8. The van der Waals surface area contributed by atoms with Crippen LogP contribution in [0, 0.1) is 12.6 Å². The van der Waals surface area contributed by atoms with E-state index in [-0.39, 0.29) is 17.7 Å². The second kappa shape index (κ2) is 4.71. The molecule has 0 aliphatic heterocycles. The number of carbonyl (C=O) groups is 2. The molecule has 0 aromatic rings. The number of rotatable bonds is 3. The lowest BCUT2D eigenvalue weighted by atomic mass is 10.2. The van der Waals surface area contributed by atoms with Crippen LogP contribution in [0.3, 0.4) is 0 Å². The van der Waals surface area contributed by atoms with Crippen LogP contribution >= 0.6 is 0 Å². The summed E-state index contributed by atoms with van der Waals surface area (Å²) in [6.07, 6.45) is 0. The van der Waals surface area contributed by atoms with Crippen molar-refractivity contribution >= 4 is 11.8 Å². The van der Waals surface area contributed by atoms with Crippen LogP contribution < -0.4 is 10.6 Å². The van der Waals surface area contributed by atoms with Gasteiger partial charge in [0.15, 0.2) is 0 Å². The van der Waals surface area contributed by atoms with E-state index in [0.717, 1.165) is 0 Å². The van der Waals surface area contributed by atoms with Crippen LogP contribution in [-0.4, -0.2) is 11.8 Å². The minimum Gasteiger partial charge on any atom is -0.333 e. The molecule has 4 nitrogen and oxygen atoms in total. The molecule has 0 fully saturated rings. The molecule has 0 spiro atoms. The molecule has 63 valence electrons. The van der Waals surface area contributed by atoms with E-state index in [1.54, 1.807) is 13.8 Å². The van der Waals surface area contributed by atoms with Crippen molar-refractivity contribution in [3.8, 4) is 0 Å². The Morgan fingerprint density at radius 2 is 1.82 bits per heavy atom. The summed E-state index contributed by atoms with van der Waals surface area (Å²) in [5, 5.41) is 4.75. The van der Waals surface area contributed by atoms with Gasteiger partial charge in [0.1, 0.15) is 6.67 Å². The first kappa shape index (κ1) is 9.94. The Bertz CT molecular complexity index is 155. The van der Waals surface area contributed by atoms with Gasteiger partial charge in [-0.25, -0.2) is 0 Å². The predicted molar refractivity (Wildman–Crippen MR) is 41.1 cm³/mol. The highest BCUT2D eigenvalue weighted by molar-refractivity contribution is 5.79. The van der Waals surface area contributed by atoms with E-state index >= 15 is 0 Å². The number of hydrogen-bond donors (Lipinski definition) is 2. The van der Waals surface area contributed by atoms with Crippen molar-refractivity contribution in [2.24, 2.45) is 5.92 Å². The topological polar surface area (TPSA) is 58.2 Å². The van der Waals surface area contributed by atoms with Crippen molar-refractivity contribution in [2.45, 2.75) is 20.8 Å². The SMILES string of the molecule is CC(=O)N[CH]NC(=O)C(C)C. The fourth-order valence-electron chi connectivity index (χ4n) is 0.376. The summed E-state index contributed by atoms with van der Waals surface area (Å²) in [4.78, 5) is 21.1. The fraction of sp³-hybridized carbons (Fsp3) is 0.571. The average Bonchev–Trinajstić information content (AvgIpc) is 1.86. The Balaban J connectivity index is 3.39. The first-order valence-electron chi connectivity index (χ1n) is 3.43. The Morgan fingerprint density at radius 3 is 2.18 bits per heavy atom. The van der Waals surface area contributed by atoms with Gasteiger partial charge < -0.3 is 10.6 Å². The first-order valence-corrected chi connectivity index (χ1v) is 3.43. The van der Waals surface area contributed by atoms with Gasteiger partial charge >= 0.3 is 0 Å². The average molecular weight is 157 g/mol. The summed E-state index contributed by atoms with van der Waals surface area (Å²) >= 11 is 0. The summed E-state index contributed by atoms with van der Waals surface area (Å²) in [7, 11) is 0. The lowest BCUT2D eigenvalue weighted by molar-refractivity contribution is -0.123. The molecule has 0 atom stereocenters. The Morgan fingerprint density at radius 1 is 1.27 bits per heavy atom. The van der Waals surface area contributed by atoms with Crippen molar-refractivity contribution < 1.29 is 9.59 Å². The third kappa shape index (κ3) is 5.39. The predicted octanol–water partition coefficient (Wildman–Crippen LogP) is 0.0140. The van der Waals surface area contributed by atoms with Gasteiger partial charge in [-0.05, 0) is 0 Å². The minimum absolute atomic E-state index is 0.0694. The maximum absolute atomic E-state index is 10.8. The number of hydrogen-bond acceptors (Lipinski definition) is 2. The van der Waals surface area contributed by atoms with Crippen LogP contribution in [0.4, 0.5) is 0 Å². The Labute approximate surface area is 66.4 Å². The van der Waals surface area contributed by atoms with Crippen molar-refractivity contribution in [3.63, 3.8) is 0 Å². The second-order valence-electron chi connectivity index (χ2n) is 2.51. The molecule has 11 heavy (non-hydrogen) atoms. The molecule has 2 N–H and O–H groups in total. The Kier molecular flexibility index (Phi) is 4.26. The lowest BCUT2D eigenvalue weighted by Crippen LogP contribution is -2.33. The van der Waals surface area contributed by atoms with Crippen LogP contribution in [0.15, 0.2) is 0 Å². The molecule has 0 saturated carbocycles. The molecule has 2 amide bonds. The van der Waals surface area contributed by atoms with E-state index in [9.17, 15) is 9.59 Å². The molecule has 0 aromatic heterocycles. The van der Waals surface area contributed by atoms with Gasteiger partial charge in [0.05, 0.1) is 0 Å². The molecule has 0 aliphatic rings. The highest BCUT2D eigenvalue weighted by atomic mass is 16.2. The van der Waals surface area contributed by atoms with Crippen LogP contribution in [0.25, 0.3) is 0 Å². The lowest BCUT2D eigenvalue weighted by Gasteiger charge is -2.05. The highest BCUT2D eigenvalue weighted by Gasteiger charge is 2.04. The quantitative estimate of drug-likeness (QED) is 0.606. The third-order valence-electron chi connectivity index (χ3n) is 1.01. The van der Waals surface area contributed by atoms with E-state index in [0.29, 0.717) is 0 Å². The molecule has 0 saturated heterocycles.